The van der Waals surface area contributed by atoms with Crippen LogP contribution in [-0.2, 0) is 0 Å². The van der Waals surface area contributed by atoms with Crippen LogP contribution < -0.4 is 5.32 Å². The Bertz CT molecular complexity index is 732. The second kappa shape index (κ2) is 5.06. The molecule has 2 N–H and O–H groups in total. The number of aromatic amines is 1. The molecule has 1 heterocycles. The molecule has 1 atom stereocenters. The van der Waals surface area contributed by atoms with E-state index < -0.39 is 0 Å². The molecule has 0 bridgehead atoms. The second-order valence-corrected chi connectivity index (χ2v) is 4.70. The summed E-state index contributed by atoms with van der Waals surface area (Å²) in [5.74, 6) is 0.753. The molecule has 1 aromatic heterocycles. The molecule has 0 spiro atoms. The quantitative estimate of drug-likeness (QED) is 0.757. The highest BCUT2D eigenvalue weighted by atomic mass is 15.1. The Kier molecular flexibility index (Phi) is 3.10. The maximum absolute atomic E-state index is 8.80. The fraction of sp³-hybridized carbons (Fsp3) is 0.125. The van der Waals surface area contributed by atoms with Gasteiger partial charge in [0, 0.05) is 0 Å². The number of nitriles is 1. The zero-order chi connectivity index (χ0) is 13.9. The standard InChI is InChI=1S/C16H14N4/c1-11(13-8-6-12(10-17)7-9-13)18-16-19-14-4-2-3-5-15(14)20-16/h2-9,11H,1H3,(H2,18,19,20). The third-order valence-electron chi connectivity index (χ3n) is 3.28. The van der Waals surface area contributed by atoms with Crippen LogP contribution in [0.15, 0.2) is 48.5 Å². The van der Waals surface area contributed by atoms with Gasteiger partial charge < -0.3 is 10.3 Å². The van der Waals surface area contributed by atoms with E-state index in [1.54, 1.807) is 0 Å². The van der Waals surface area contributed by atoms with Crippen molar-refractivity contribution in [3.8, 4) is 6.07 Å². The summed E-state index contributed by atoms with van der Waals surface area (Å²) < 4.78 is 0. The molecule has 0 saturated heterocycles. The SMILES string of the molecule is CC(Nc1nc2ccccc2[nH]1)c1ccc(C#N)cc1. The monoisotopic (exact) mass is 262 g/mol. The van der Waals surface area contributed by atoms with Gasteiger partial charge in [0.15, 0.2) is 0 Å². The molecule has 0 aliphatic carbocycles. The van der Waals surface area contributed by atoms with Crippen LogP contribution in [0, 0.1) is 11.3 Å². The number of fused-ring (bicyclic) bond motifs is 1. The number of anilines is 1. The van der Waals surface area contributed by atoms with E-state index in [0.29, 0.717) is 5.56 Å². The lowest BCUT2D eigenvalue weighted by molar-refractivity contribution is 0.868. The second-order valence-electron chi connectivity index (χ2n) is 4.70. The van der Waals surface area contributed by atoms with E-state index >= 15 is 0 Å². The third-order valence-corrected chi connectivity index (χ3v) is 3.28. The van der Waals surface area contributed by atoms with Gasteiger partial charge in [0.1, 0.15) is 0 Å². The number of rotatable bonds is 3. The Balaban J connectivity index is 1.80. The first kappa shape index (κ1) is 12.2. The highest BCUT2D eigenvalue weighted by molar-refractivity contribution is 5.77. The number of nitrogens with zero attached hydrogens (tertiary/aromatic N) is 2. The zero-order valence-electron chi connectivity index (χ0n) is 11.1. The van der Waals surface area contributed by atoms with Crippen LogP contribution in [0.2, 0.25) is 0 Å². The molecule has 4 nitrogen and oxygen atoms in total. The predicted octanol–water partition coefficient (Wildman–Crippen LogP) is 3.61. The molecule has 3 rings (SSSR count). The molecule has 20 heavy (non-hydrogen) atoms. The van der Waals surface area contributed by atoms with E-state index in [0.717, 1.165) is 22.5 Å². The van der Waals surface area contributed by atoms with Gasteiger partial charge in [-0.25, -0.2) is 4.98 Å². The van der Waals surface area contributed by atoms with Gasteiger partial charge in [-0.1, -0.05) is 24.3 Å². The summed E-state index contributed by atoms with van der Waals surface area (Å²) in [7, 11) is 0. The lowest BCUT2D eigenvalue weighted by atomic mass is 10.1. The molecule has 4 heteroatoms. The van der Waals surface area contributed by atoms with Gasteiger partial charge in [0.25, 0.3) is 0 Å². The van der Waals surface area contributed by atoms with Crippen LogP contribution in [0.1, 0.15) is 24.1 Å². The molecule has 0 saturated carbocycles. The number of hydrogen-bond donors (Lipinski definition) is 2. The van der Waals surface area contributed by atoms with Crippen molar-refractivity contribution in [1.82, 2.24) is 9.97 Å². The predicted molar refractivity (Wildman–Crippen MR) is 79.3 cm³/mol. The minimum Gasteiger partial charge on any atom is -0.349 e. The Hall–Kier alpha value is -2.80. The number of hydrogen-bond acceptors (Lipinski definition) is 3. The van der Waals surface area contributed by atoms with Crippen LogP contribution in [0.25, 0.3) is 11.0 Å². The average Bonchev–Trinajstić information content (AvgIpc) is 2.89. The largest absolute Gasteiger partial charge is 0.349 e. The fourth-order valence-electron chi connectivity index (χ4n) is 2.16. The smallest absolute Gasteiger partial charge is 0.201 e. The molecule has 2 aromatic carbocycles. The van der Waals surface area contributed by atoms with Gasteiger partial charge in [0.2, 0.25) is 5.95 Å². The molecule has 3 aromatic rings. The molecular formula is C16H14N4. The summed E-state index contributed by atoms with van der Waals surface area (Å²) in [6, 6.07) is 17.7. The first-order valence-corrected chi connectivity index (χ1v) is 6.47. The number of nitrogens with one attached hydrogen (secondary N) is 2. The normalized spacial score (nSPS) is 12.0. The first-order chi connectivity index (χ1) is 9.76. The van der Waals surface area contributed by atoms with E-state index in [4.69, 9.17) is 5.26 Å². The lowest BCUT2D eigenvalue weighted by Crippen LogP contribution is -2.07. The van der Waals surface area contributed by atoms with Crippen molar-refractivity contribution in [2.45, 2.75) is 13.0 Å². The third kappa shape index (κ3) is 2.34. The van der Waals surface area contributed by atoms with E-state index in [9.17, 15) is 0 Å². The minimum atomic E-state index is 0.114. The molecule has 0 fully saturated rings. The molecule has 0 aliphatic rings. The van der Waals surface area contributed by atoms with Gasteiger partial charge in [-0.15, -0.1) is 0 Å². The van der Waals surface area contributed by atoms with Crippen molar-refractivity contribution in [2.24, 2.45) is 0 Å². The minimum absolute atomic E-state index is 0.114. The van der Waals surface area contributed by atoms with Gasteiger partial charge >= 0.3 is 0 Å². The van der Waals surface area contributed by atoms with Crippen LogP contribution in [0.4, 0.5) is 5.95 Å². The van der Waals surface area contributed by atoms with E-state index in [1.165, 1.54) is 0 Å². The van der Waals surface area contributed by atoms with E-state index in [-0.39, 0.29) is 6.04 Å². The fourth-order valence-corrected chi connectivity index (χ4v) is 2.16. The van der Waals surface area contributed by atoms with Crippen LogP contribution in [0.5, 0.6) is 0 Å². The Morgan fingerprint density at radius 3 is 2.60 bits per heavy atom. The Morgan fingerprint density at radius 1 is 1.15 bits per heavy atom. The number of benzene rings is 2. The maximum atomic E-state index is 8.80. The summed E-state index contributed by atoms with van der Waals surface area (Å²) in [5.41, 5.74) is 3.75. The average molecular weight is 262 g/mol. The Morgan fingerprint density at radius 2 is 1.90 bits per heavy atom. The van der Waals surface area contributed by atoms with Crippen molar-refractivity contribution < 1.29 is 0 Å². The van der Waals surface area contributed by atoms with E-state index in [1.807, 2.05) is 48.5 Å². The zero-order valence-corrected chi connectivity index (χ0v) is 11.1. The van der Waals surface area contributed by atoms with Crippen molar-refractivity contribution in [1.29, 1.82) is 5.26 Å². The lowest BCUT2D eigenvalue weighted by Gasteiger charge is -2.13. The molecule has 1 unspecified atom stereocenters. The highest BCUT2D eigenvalue weighted by Gasteiger charge is 2.08. The first-order valence-electron chi connectivity index (χ1n) is 6.47. The summed E-state index contributed by atoms with van der Waals surface area (Å²) in [6.07, 6.45) is 0. The maximum Gasteiger partial charge on any atom is 0.201 e. The van der Waals surface area contributed by atoms with Crippen molar-refractivity contribution >= 4 is 17.0 Å². The van der Waals surface area contributed by atoms with Gasteiger partial charge in [0.05, 0.1) is 28.7 Å². The van der Waals surface area contributed by atoms with Crippen LogP contribution in [-0.4, -0.2) is 9.97 Å². The van der Waals surface area contributed by atoms with Gasteiger partial charge in [-0.3, -0.25) is 0 Å². The molecule has 0 amide bonds. The molecule has 0 radical (unpaired) electrons. The number of aromatic nitrogens is 2. The Labute approximate surface area is 117 Å². The van der Waals surface area contributed by atoms with Crippen molar-refractivity contribution in [3.63, 3.8) is 0 Å². The summed E-state index contributed by atoms with van der Waals surface area (Å²) >= 11 is 0. The topological polar surface area (TPSA) is 64.5 Å². The van der Waals surface area contributed by atoms with Crippen molar-refractivity contribution in [2.75, 3.05) is 5.32 Å². The number of H-pyrrole nitrogens is 1. The van der Waals surface area contributed by atoms with E-state index in [2.05, 4.69) is 28.3 Å². The van der Waals surface area contributed by atoms with Gasteiger partial charge in [-0.05, 0) is 36.8 Å². The van der Waals surface area contributed by atoms with Crippen LogP contribution in [0.3, 0.4) is 0 Å². The molecular weight excluding hydrogens is 248 g/mol. The summed E-state index contributed by atoms with van der Waals surface area (Å²) in [5, 5.41) is 12.1. The molecule has 98 valence electrons. The highest BCUT2D eigenvalue weighted by Crippen LogP contribution is 2.20. The number of para-hydroxylation sites is 2. The van der Waals surface area contributed by atoms with Crippen molar-refractivity contribution in [3.05, 3.63) is 59.7 Å². The summed E-state index contributed by atoms with van der Waals surface area (Å²) in [6.45, 7) is 2.06. The van der Waals surface area contributed by atoms with Gasteiger partial charge in [-0.2, -0.15) is 5.26 Å². The number of imidazole rings is 1. The summed E-state index contributed by atoms with van der Waals surface area (Å²) in [4.78, 5) is 7.74. The van der Waals surface area contributed by atoms with Crippen LogP contribution >= 0.6 is 0 Å². The molecule has 0 aliphatic heterocycles.